The molecule has 0 saturated carbocycles. The lowest BCUT2D eigenvalue weighted by molar-refractivity contribution is 0.602. The molecule has 3 N–H and O–H groups in total. The van der Waals surface area contributed by atoms with Crippen LogP contribution in [0, 0.1) is 0 Å². The lowest BCUT2D eigenvalue weighted by Crippen LogP contribution is -2.00. The molecule has 1 aromatic carbocycles. The highest BCUT2D eigenvalue weighted by Crippen LogP contribution is 2.26. The van der Waals surface area contributed by atoms with Gasteiger partial charge in [-0.05, 0) is 18.2 Å². The summed E-state index contributed by atoms with van der Waals surface area (Å²) in [6, 6.07) is 8.23. The Hall–Kier alpha value is -3.33. The van der Waals surface area contributed by atoms with E-state index >= 15 is 0 Å². The number of imidazole rings is 1. The fourth-order valence-corrected chi connectivity index (χ4v) is 3.18. The molecule has 0 fully saturated rings. The lowest BCUT2D eigenvalue weighted by atomic mass is 10.1. The van der Waals surface area contributed by atoms with Gasteiger partial charge in [0, 0.05) is 20.9 Å². The van der Waals surface area contributed by atoms with Crippen LogP contribution in [0.25, 0.3) is 33.8 Å². The summed E-state index contributed by atoms with van der Waals surface area (Å²) >= 11 is 0. The highest BCUT2D eigenvalue weighted by Gasteiger charge is 2.14. The Bertz CT molecular complexity index is 1190. The molecule has 9 heteroatoms. The summed E-state index contributed by atoms with van der Waals surface area (Å²) in [6.45, 7) is 0. The highest BCUT2D eigenvalue weighted by atomic mass is 32.2. The predicted octanol–water partition coefficient (Wildman–Crippen LogP) is 2.56. The second kappa shape index (κ2) is 5.88. The quantitative estimate of drug-likeness (QED) is 0.567. The molecule has 0 bridgehead atoms. The van der Waals surface area contributed by atoms with Gasteiger partial charge in [0.2, 0.25) is 0 Å². The number of aromatic amines is 1. The van der Waals surface area contributed by atoms with E-state index in [0.717, 1.165) is 16.6 Å². The standard InChI is InChI=1S/C17H14N6O2S.2H2/c1-26(24,25)11-4-2-10(3-5-11)13-9-20-16(18)15(21-13)17-22-12-6-7-19-8-14(12)23-17;;/h2-9H,1H3,(H2,18,20)(H,22,23);2*1H. The van der Waals surface area contributed by atoms with Crippen LogP contribution >= 0.6 is 0 Å². The SMILES string of the molecule is CS(=O)(=O)c1ccc(-c2cnc(N)c(-c3nc4ccncc4[nH]3)n2)cc1.[HH].[HH]. The Labute approximate surface area is 152 Å². The number of nitrogen functional groups attached to an aromatic ring is 1. The molecular weight excluding hydrogens is 352 g/mol. The van der Waals surface area contributed by atoms with Crippen molar-refractivity contribution in [2.75, 3.05) is 12.0 Å². The summed E-state index contributed by atoms with van der Waals surface area (Å²) in [5.74, 6) is 0.737. The van der Waals surface area contributed by atoms with Crippen LogP contribution in [0.5, 0.6) is 0 Å². The number of benzene rings is 1. The number of nitrogens with zero attached hydrogens (tertiary/aromatic N) is 4. The minimum atomic E-state index is -3.25. The number of hydrogen-bond acceptors (Lipinski definition) is 7. The van der Waals surface area contributed by atoms with Crippen LogP contribution in [0.2, 0.25) is 0 Å². The highest BCUT2D eigenvalue weighted by molar-refractivity contribution is 7.90. The number of pyridine rings is 1. The van der Waals surface area contributed by atoms with Crippen LogP contribution < -0.4 is 5.73 Å². The number of nitrogens with one attached hydrogen (secondary N) is 1. The maximum atomic E-state index is 11.6. The number of hydrogen-bond donors (Lipinski definition) is 2. The average molecular weight is 370 g/mol. The third kappa shape index (κ3) is 2.88. The molecule has 0 amide bonds. The van der Waals surface area contributed by atoms with Gasteiger partial charge in [0.1, 0.15) is 5.69 Å². The van der Waals surface area contributed by atoms with Gasteiger partial charge < -0.3 is 10.7 Å². The van der Waals surface area contributed by atoms with E-state index in [2.05, 4.69) is 24.9 Å². The van der Waals surface area contributed by atoms with Gasteiger partial charge in [-0.15, -0.1) is 0 Å². The largest absolute Gasteiger partial charge is 0.382 e. The second-order valence-electron chi connectivity index (χ2n) is 5.76. The first-order valence-corrected chi connectivity index (χ1v) is 9.54. The van der Waals surface area contributed by atoms with Gasteiger partial charge in [-0.2, -0.15) is 0 Å². The molecule has 0 aliphatic carbocycles. The molecule has 3 aromatic heterocycles. The summed E-state index contributed by atoms with van der Waals surface area (Å²) in [4.78, 5) is 20.6. The molecule has 0 unspecified atom stereocenters. The van der Waals surface area contributed by atoms with E-state index in [9.17, 15) is 8.42 Å². The summed E-state index contributed by atoms with van der Waals surface area (Å²) in [5, 5.41) is 0. The predicted molar refractivity (Wildman–Crippen MR) is 102 cm³/mol. The summed E-state index contributed by atoms with van der Waals surface area (Å²) in [5.41, 5.74) is 9.20. The van der Waals surface area contributed by atoms with E-state index in [1.54, 1.807) is 36.8 Å². The fourth-order valence-electron chi connectivity index (χ4n) is 2.55. The monoisotopic (exact) mass is 370 g/mol. The molecule has 0 saturated heterocycles. The first kappa shape index (κ1) is 16.2. The molecule has 3 heterocycles. The summed E-state index contributed by atoms with van der Waals surface area (Å²) < 4.78 is 23.2. The van der Waals surface area contributed by atoms with Gasteiger partial charge >= 0.3 is 0 Å². The minimum absolute atomic E-state index is 0. The lowest BCUT2D eigenvalue weighted by Gasteiger charge is -2.06. The van der Waals surface area contributed by atoms with Crippen LogP contribution in [-0.4, -0.2) is 39.6 Å². The Kier molecular flexibility index (Phi) is 3.66. The third-order valence-corrected chi connectivity index (χ3v) is 5.02. The average Bonchev–Trinajstić information content (AvgIpc) is 3.05. The van der Waals surface area contributed by atoms with Gasteiger partial charge in [-0.25, -0.2) is 23.4 Å². The van der Waals surface area contributed by atoms with Gasteiger partial charge in [0.25, 0.3) is 0 Å². The van der Waals surface area contributed by atoms with Crippen molar-refractivity contribution < 1.29 is 11.3 Å². The first-order valence-electron chi connectivity index (χ1n) is 7.65. The Morgan fingerprint density at radius 1 is 1.08 bits per heavy atom. The molecule has 0 atom stereocenters. The van der Waals surface area contributed by atoms with Gasteiger partial charge in [-0.3, -0.25) is 4.98 Å². The van der Waals surface area contributed by atoms with Crippen molar-refractivity contribution in [1.82, 2.24) is 24.9 Å². The normalized spacial score (nSPS) is 11.7. The maximum Gasteiger partial charge on any atom is 0.175 e. The number of anilines is 1. The van der Waals surface area contributed by atoms with Crippen molar-refractivity contribution in [1.29, 1.82) is 0 Å². The molecule has 0 spiro atoms. The van der Waals surface area contributed by atoms with Crippen molar-refractivity contribution in [3.63, 3.8) is 0 Å². The fraction of sp³-hybridized carbons (Fsp3) is 0.0588. The van der Waals surface area contributed by atoms with E-state index in [0.29, 0.717) is 17.2 Å². The maximum absolute atomic E-state index is 11.6. The Morgan fingerprint density at radius 2 is 1.85 bits per heavy atom. The van der Waals surface area contributed by atoms with E-state index in [-0.39, 0.29) is 13.6 Å². The molecule has 4 rings (SSSR count). The van der Waals surface area contributed by atoms with Crippen LogP contribution in [0.4, 0.5) is 5.82 Å². The van der Waals surface area contributed by atoms with E-state index in [1.807, 2.05) is 0 Å². The summed E-state index contributed by atoms with van der Waals surface area (Å²) in [7, 11) is -3.25. The number of H-pyrrole nitrogens is 1. The van der Waals surface area contributed by atoms with E-state index in [4.69, 9.17) is 5.73 Å². The van der Waals surface area contributed by atoms with Crippen molar-refractivity contribution >= 4 is 26.7 Å². The van der Waals surface area contributed by atoms with Crippen molar-refractivity contribution in [3.05, 3.63) is 48.9 Å². The van der Waals surface area contributed by atoms with E-state index < -0.39 is 9.84 Å². The van der Waals surface area contributed by atoms with Crippen molar-refractivity contribution in [3.8, 4) is 22.8 Å². The zero-order valence-corrected chi connectivity index (χ0v) is 14.5. The molecule has 0 aliphatic rings. The zero-order chi connectivity index (χ0) is 18.3. The molecule has 0 radical (unpaired) electrons. The molecule has 4 aromatic rings. The first-order chi connectivity index (χ1) is 12.4. The second-order valence-corrected chi connectivity index (χ2v) is 7.78. The van der Waals surface area contributed by atoms with Gasteiger partial charge in [-0.1, -0.05) is 12.1 Å². The molecular formula is C17H18N6O2S. The van der Waals surface area contributed by atoms with Crippen LogP contribution in [0.1, 0.15) is 2.85 Å². The van der Waals surface area contributed by atoms with Gasteiger partial charge in [0.05, 0.1) is 34.0 Å². The minimum Gasteiger partial charge on any atom is -0.382 e. The van der Waals surface area contributed by atoms with Gasteiger partial charge in [0.15, 0.2) is 21.5 Å². The smallest absolute Gasteiger partial charge is 0.175 e. The van der Waals surface area contributed by atoms with Crippen LogP contribution in [0.15, 0.2) is 53.8 Å². The molecule has 26 heavy (non-hydrogen) atoms. The number of fused-ring (bicyclic) bond motifs is 1. The third-order valence-electron chi connectivity index (χ3n) is 3.89. The van der Waals surface area contributed by atoms with Crippen molar-refractivity contribution in [2.45, 2.75) is 4.90 Å². The Morgan fingerprint density at radius 3 is 2.54 bits per heavy atom. The summed E-state index contributed by atoms with van der Waals surface area (Å²) in [6.07, 6.45) is 6.03. The Balaban J connectivity index is 0.00000140. The number of sulfone groups is 1. The number of nitrogens with two attached hydrogens (primary N) is 1. The van der Waals surface area contributed by atoms with Crippen molar-refractivity contribution in [2.24, 2.45) is 0 Å². The molecule has 0 aliphatic heterocycles. The van der Waals surface area contributed by atoms with Crippen LogP contribution in [-0.2, 0) is 9.84 Å². The number of rotatable bonds is 3. The topological polar surface area (TPSA) is 128 Å². The van der Waals surface area contributed by atoms with E-state index in [1.165, 1.54) is 18.4 Å². The molecule has 134 valence electrons. The molecule has 8 nitrogen and oxygen atoms in total. The zero-order valence-electron chi connectivity index (χ0n) is 13.7. The number of aromatic nitrogens is 5. The van der Waals surface area contributed by atoms with Crippen LogP contribution in [0.3, 0.4) is 0 Å².